The third-order valence-corrected chi connectivity index (χ3v) is 7.39. The first-order chi connectivity index (χ1) is 14.7. The maximum absolute atomic E-state index is 13.2. The number of pyridine rings is 1. The standard InChI is InChI=1S/C21H23Cl2N3O4S/c1-31(29,30)19-8-4-14(11-18(19)23)17(10-13-2-6-16(26-28)7-3-13)21(27)25-20-9-5-15(22)12-24-20/h4-5,8-9,11-13,16-17H,2-3,6-7,10H2,1H3,(H,24,25,27). The molecule has 1 aliphatic rings. The molecule has 10 heteroatoms. The molecule has 1 unspecified atom stereocenters. The second-order valence-electron chi connectivity index (χ2n) is 7.88. The van der Waals surface area contributed by atoms with Crippen LogP contribution >= 0.6 is 23.2 Å². The van der Waals surface area contributed by atoms with Crippen LogP contribution in [0, 0.1) is 10.8 Å². The highest BCUT2D eigenvalue weighted by atomic mass is 35.5. The number of amides is 1. The molecule has 1 atom stereocenters. The van der Waals surface area contributed by atoms with E-state index in [1.165, 1.54) is 18.3 Å². The minimum atomic E-state index is -3.48. The summed E-state index contributed by atoms with van der Waals surface area (Å²) in [6.45, 7) is 0. The van der Waals surface area contributed by atoms with Crippen molar-refractivity contribution in [3.63, 3.8) is 0 Å². The van der Waals surface area contributed by atoms with Crippen LogP contribution in [-0.4, -0.2) is 31.6 Å². The van der Waals surface area contributed by atoms with Crippen LogP contribution < -0.4 is 5.32 Å². The highest BCUT2D eigenvalue weighted by Gasteiger charge is 2.29. The number of nitroso groups, excluding NO2 is 1. The summed E-state index contributed by atoms with van der Waals surface area (Å²) in [5.74, 6) is -0.227. The van der Waals surface area contributed by atoms with Gasteiger partial charge in [0.2, 0.25) is 5.91 Å². The first-order valence-electron chi connectivity index (χ1n) is 9.91. The quantitative estimate of drug-likeness (QED) is 0.542. The van der Waals surface area contributed by atoms with Crippen molar-refractivity contribution in [1.29, 1.82) is 0 Å². The van der Waals surface area contributed by atoms with Gasteiger partial charge in [-0.2, -0.15) is 4.91 Å². The molecule has 0 radical (unpaired) electrons. The van der Waals surface area contributed by atoms with Gasteiger partial charge in [-0.3, -0.25) is 4.79 Å². The van der Waals surface area contributed by atoms with Gasteiger partial charge in [0.25, 0.3) is 0 Å². The molecular weight excluding hydrogens is 461 g/mol. The maximum atomic E-state index is 13.2. The Morgan fingerprint density at radius 2 is 1.90 bits per heavy atom. The van der Waals surface area contributed by atoms with Gasteiger partial charge in [0.1, 0.15) is 5.82 Å². The van der Waals surface area contributed by atoms with Crippen molar-refractivity contribution in [3.05, 3.63) is 57.0 Å². The average molecular weight is 484 g/mol. The van der Waals surface area contributed by atoms with Crippen molar-refractivity contribution in [2.24, 2.45) is 11.1 Å². The molecule has 31 heavy (non-hydrogen) atoms. The van der Waals surface area contributed by atoms with Crippen molar-refractivity contribution in [1.82, 2.24) is 4.98 Å². The van der Waals surface area contributed by atoms with Crippen LogP contribution in [-0.2, 0) is 14.6 Å². The van der Waals surface area contributed by atoms with E-state index in [1.54, 1.807) is 18.2 Å². The molecule has 166 valence electrons. The molecule has 3 rings (SSSR count). The van der Waals surface area contributed by atoms with Crippen LogP contribution in [0.3, 0.4) is 0 Å². The Labute approximate surface area is 191 Å². The zero-order valence-corrected chi connectivity index (χ0v) is 19.3. The van der Waals surface area contributed by atoms with Gasteiger partial charge >= 0.3 is 0 Å². The SMILES string of the molecule is CS(=O)(=O)c1ccc(C(CC2CCC(N=O)CC2)C(=O)Nc2ccc(Cl)cn2)cc1Cl. The van der Waals surface area contributed by atoms with Crippen LogP contribution in [0.4, 0.5) is 5.82 Å². The summed E-state index contributed by atoms with van der Waals surface area (Å²) in [6, 6.07) is 7.67. The summed E-state index contributed by atoms with van der Waals surface area (Å²) < 4.78 is 23.8. The first kappa shape index (κ1) is 23.6. The van der Waals surface area contributed by atoms with Gasteiger partial charge in [0.05, 0.1) is 26.9 Å². The Bertz CT molecular complexity index is 1050. The number of halogens is 2. The number of nitrogens with one attached hydrogen (secondary N) is 1. The van der Waals surface area contributed by atoms with E-state index in [2.05, 4.69) is 15.5 Å². The fourth-order valence-corrected chi connectivity index (χ4v) is 5.36. The van der Waals surface area contributed by atoms with Gasteiger partial charge in [-0.15, -0.1) is 0 Å². The van der Waals surface area contributed by atoms with Crippen molar-refractivity contribution >= 4 is 44.8 Å². The minimum Gasteiger partial charge on any atom is -0.310 e. The van der Waals surface area contributed by atoms with E-state index in [0.717, 1.165) is 19.1 Å². The van der Waals surface area contributed by atoms with Crippen LogP contribution in [0.1, 0.15) is 43.6 Å². The number of hydrogen-bond acceptors (Lipinski definition) is 6. The van der Waals surface area contributed by atoms with Crippen LogP contribution in [0.25, 0.3) is 0 Å². The van der Waals surface area contributed by atoms with Gasteiger partial charge in [-0.25, -0.2) is 13.4 Å². The topological polar surface area (TPSA) is 106 Å². The summed E-state index contributed by atoms with van der Waals surface area (Å²) in [5.41, 5.74) is 0.625. The van der Waals surface area contributed by atoms with E-state index in [9.17, 15) is 18.1 Å². The number of nitrogens with zero attached hydrogens (tertiary/aromatic N) is 2. The van der Waals surface area contributed by atoms with Crippen LogP contribution in [0.2, 0.25) is 10.0 Å². The average Bonchev–Trinajstić information content (AvgIpc) is 2.73. The summed E-state index contributed by atoms with van der Waals surface area (Å²) in [6.07, 6.45) is 6.08. The van der Waals surface area contributed by atoms with Crippen LogP contribution in [0.5, 0.6) is 0 Å². The lowest BCUT2D eigenvalue weighted by molar-refractivity contribution is -0.118. The molecule has 1 aliphatic carbocycles. The molecule has 7 nitrogen and oxygen atoms in total. The molecule has 2 aromatic rings. The van der Waals surface area contributed by atoms with E-state index in [4.69, 9.17) is 23.2 Å². The van der Waals surface area contributed by atoms with Gasteiger partial charge in [-0.1, -0.05) is 34.4 Å². The van der Waals surface area contributed by atoms with E-state index >= 15 is 0 Å². The molecule has 1 aromatic heterocycles. The monoisotopic (exact) mass is 483 g/mol. The van der Waals surface area contributed by atoms with Gasteiger partial charge in [0.15, 0.2) is 9.84 Å². The predicted molar refractivity (Wildman–Crippen MR) is 121 cm³/mol. The second-order valence-corrected chi connectivity index (χ2v) is 10.7. The van der Waals surface area contributed by atoms with E-state index in [-0.39, 0.29) is 27.8 Å². The predicted octanol–water partition coefficient (Wildman–Crippen LogP) is 5.23. The molecule has 1 saturated carbocycles. The molecule has 1 amide bonds. The zero-order valence-electron chi connectivity index (χ0n) is 16.9. The number of hydrogen-bond donors (Lipinski definition) is 1. The lowest BCUT2D eigenvalue weighted by Crippen LogP contribution is -2.26. The maximum Gasteiger partial charge on any atom is 0.233 e. The Kier molecular flexibility index (Phi) is 7.67. The summed E-state index contributed by atoms with van der Waals surface area (Å²) in [5, 5.41) is 6.48. The summed E-state index contributed by atoms with van der Waals surface area (Å²) in [4.78, 5) is 28.1. The zero-order chi connectivity index (χ0) is 22.6. The van der Waals surface area contributed by atoms with Gasteiger partial charge in [0, 0.05) is 12.5 Å². The molecule has 1 N–H and O–H groups in total. The Balaban J connectivity index is 1.86. The number of anilines is 1. The Hall–Kier alpha value is -2.03. The summed E-state index contributed by atoms with van der Waals surface area (Å²) in [7, 11) is -3.48. The Morgan fingerprint density at radius 3 is 2.45 bits per heavy atom. The highest BCUT2D eigenvalue weighted by Crippen LogP contribution is 2.36. The number of carbonyl (C=O) groups excluding carboxylic acids is 1. The van der Waals surface area contributed by atoms with E-state index in [0.29, 0.717) is 35.7 Å². The van der Waals surface area contributed by atoms with Gasteiger partial charge < -0.3 is 5.32 Å². The molecule has 1 heterocycles. The van der Waals surface area contributed by atoms with Crippen molar-refractivity contribution < 1.29 is 13.2 Å². The summed E-state index contributed by atoms with van der Waals surface area (Å²) >= 11 is 12.1. The lowest BCUT2D eigenvalue weighted by atomic mass is 9.79. The number of rotatable bonds is 7. The molecular formula is C21H23Cl2N3O4S. The number of benzene rings is 1. The van der Waals surface area contributed by atoms with Crippen molar-refractivity contribution in [2.75, 3.05) is 11.6 Å². The normalized spacial score (nSPS) is 20.1. The highest BCUT2D eigenvalue weighted by molar-refractivity contribution is 7.90. The smallest absolute Gasteiger partial charge is 0.233 e. The fraction of sp³-hybridized carbons (Fsp3) is 0.429. The molecule has 0 bridgehead atoms. The van der Waals surface area contributed by atoms with E-state index < -0.39 is 15.8 Å². The second kappa shape index (κ2) is 10.1. The fourth-order valence-electron chi connectivity index (χ4n) is 3.91. The number of sulfone groups is 1. The van der Waals surface area contributed by atoms with Crippen molar-refractivity contribution in [3.8, 4) is 0 Å². The van der Waals surface area contributed by atoms with E-state index in [1.807, 2.05) is 0 Å². The minimum absolute atomic E-state index is 0.0222. The molecule has 1 fully saturated rings. The third-order valence-electron chi connectivity index (χ3n) is 5.59. The van der Waals surface area contributed by atoms with Crippen molar-refractivity contribution in [2.45, 2.75) is 49.0 Å². The molecule has 1 aromatic carbocycles. The molecule has 0 aliphatic heterocycles. The molecule has 0 saturated heterocycles. The Morgan fingerprint density at radius 1 is 1.19 bits per heavy atom. The molecule has 0 spiro atoms. The third kappa shape index (κ3) is 6.24. The lowest BCUT2D eigenvalue weighted by Gasteiger charge is -2.28. The largest absolute Gasteiger partial charge is 0.310 e. The number of carbonyl (C=O) groups is 1. The number of aromatic nitrogens is 1. The van der Waals surface area contributed by atoms with Gasteiger partial charge in [-0.05, 0) is 67.9 Å². The van der Waals surface area contributed by atoms with Crippen LogP contribution in [0.15, 0.2) is 46.6 Å². The first-order valence-corrected chi connectivity index (χ1v) is 12.6.